The zero-order valence-corrected chi connectivity index (χ0v) is 16.8. The molecular formula is C23H16F4N2O4. The van der Waals surface area contributed by atoms with Crippen molar-refractivity contribution >= 4 is 16.9 Å². The number of hydrogen-bond acceptors (Lipinski definition) is 4. The number of aromatic nitrogens is 2. The van der Waals surface area contributed by atoms with Gasteiger partial charge in [-0.2, -0.15) is 18.3 Å². The lowest BCUT2D eigenvalue weighted by Crippen LogP contribution is -2.10. The molecule has 4 rings (SSSR count). The molecule has 0 aliphatic rings. The average Bonchev–Trinajstić information content (AvgIpc) is 3.15. The van der Waals surface area contributed by atoms with E-state index in [1.165, 1.54) is 28.9 Å². The largest absolute Gasteiger partial charge is 0.487 e. The maximum atomic E-state index is 14.1. The number of aliphatic carboxylic acids is 1. The van der Waals surface area contributed by atoms with Gasteiger partial charge in [-0.05, 0) is 42.5 Å². The van der Waals surface area contributed by atoms with Crippen LogP contribution in [-0.4, -0.2) is 27.5 Å². The summed E-state index contributed by atoms with van der Waals surface area (Å²) >= 11 is 0. The molecule has 3 aromatic carbocycles. The minimum atomic E-state index is -4.44. The van der Waals surface area contributed by atoms with Gasteiger partial charge in [-0.15, -0.1) is 0 Å². The Labute approximate surface area is 184 Å². The maximum Gasteiger partial charge on any atom is 0.416 e. The number of nitrogens with zero attached hydrogens (tertiary/aromatic N) is 2. The fourth-order valence-electron chi connectivity index (χ4n) is 3.21. The van der Waals surface area contributed by atoms with Gasteiger partial charge in [-0.3, -0.25) is 0 Å². The number of para-hydroxylation sites is 1. The molecular weight excluding hydrogens is 444 g/mol. The second-order valence-corrected chi connectivity index (χ2v) is 6.98. The second kappa shape index (κ2) is 8.81. The summed E-state index contributed by atoms with van der Waals surface area (Å²) in [4.78, 5) is 10.6. The molecule has 4 aromatic rings. The minimum Gasteiger partial charge on any atom is -0.487 e. The summed E-state index contributed by atoms with van der Waals surface area (Å²) in [5.41, 5.74) is 0.845. The topological polar surface area (TPSA) is 73.6 Å². The average molecular weight is 460 g/mol. The van der Waals surface area contributed by atoms with Crippen LogP contribution in [0.4, 0.5) is 17.6 Å². The molecule has 0 fully saturated rings. The molecule has 0 atom stereocenters. The van der Waals surface area contributed by atoms with Crippen molar-refractivity contribution in [3.63, 3.8) is 0 Å². The van der Waals surface area contributed by atoms with Crippen LogP contribution in [0.2, 0.25) is 0 Å². The van der Waals surface area contributed by atoms with E-state index >= 15 is 0 Å². The first-order valence-electron chi connectivity index (χ1n) is 9.63. The standard InChI is InChI=1S/C23H16F4N2O4/c24-18-11-16(9-10-21(18)33-13-22(30)31)32-12-19-17-3-1-2-4-20(17)29(28-19)15-7-5-14(6-8-15)23(25,26)27/h1-11H,12-13H2,(H,30,31). The summed E-state index contributed by atoms with van der Waals surface area (Å²) in [6, 6.07) is 15.5. The van der Waals surface area contributed by atoms with Crippen LogP contribution in [0, 0.1) is 5.82 Å². The van der Waals surface area contributed by atoms with E-state index in [1.807, 2.05) is 0 Å². The lowest BCUT2D eigenvalue weighted by Gasteiger charge is -2.09. The second-order valence-electron chi connectivity index (χ2n) is 6.98. The van der Waals surface area contributed by atoms with E-state index in [-0.39, 0.29) is 18.1 Å². The highest BCUT2D eigenvalue weighted by Gasteiger charge is 2.30. The summed E-state index contributed by atoms with van der Waals surface area (Å²) in [7, 11) is 0. The third-order valence-electron chi connectivity index (χ3n) is 4.73. The van der Waals surface area contributed by atoms with Gasteiger partial charge in [-0.1, -0.05) is 18.2 Å². The van der Waals surface area contributed by atoms with Crippen LogP contribution in [0.15, 0.2) is 66.7 Å². The fraction of sp³-hybridized carbons (Fsp3) is 0.130. The number of carboxylic acid groups (broad SMARTS) is 1. The highest BCUT2D eigenvalue weighted by atomic mass is 19.4. The Bertz CT molecular complexity index is 1300. The molecule has 0 bridgehead atoms. The van der Waals surface area contributed by atoms with Crippen molar-refractivity contribution < 1.29 is 36.9 Å². The Morgan fingerprint density at radius 1 is 1.00 bits per heavy atom. The van der Waals surface area contributed by atoms with E-state index in [0.717, 1.165) is 23.6 Å². The van der Waals surface area contributed by atoms with Crippen LogP contribution in [0.25, 0.3) is 16.6 Å². The maximum absolute atomic E-state index is 14.1. The number of fused-ring (bicyclic) bond motifs is 1. The third-order valence-corrected chi connectivity index (χ3v) is 4.73. The third kappa shape index (κ3) is 4.89. The van der Waals surface area contributed by atoms with Gasteiger partial charge in [0.15, 0.2) is 18.2 Å². The van der Waals surface area contributed by atoms with Gasteiger partial charge < -0.3 is 14.6 Å². The van der Waals surface area contributed by atoms with Crippen LogP contribution in [-0.2, 0) is 17.6 Å². The van der Waals surface area contributed by atoms with Gasteiger partial charge >= 0.3 is 12.1 Å². The normalized spacial score (nSPS) is 11.5. The van der Waals surface area contributed by atoms with Crippen LogP contribution < -0.4 is 9.47 Å². The molecule has 0 saturated heterocycles. The van der Waals surface area contributed by atoms with Crippen LogP contribution in [0.5, 0.6) is 11.5 Å². The van der Waals surface area contributed by atoms with E-state index in [2.05, 4.69) is 5.10 Å². The smallest absolute Gasteiger partial charge is 0.416 e. The van der Waals surface area contributed by atoms with Crippen molar-refractivity contribution in [1.29, 1.82) is 0 Å². The van der Waals surface area contributed by atoms with Crippen molar-refractivity contribution in [1.82, 2.24) is 9.78 Å². The summed E-state index contributed by atoms with van der Waals surface area (Å²) in [6.45, 7) is -0.715. The van der Waals surface area contributed by atoms with Crippen molar-refractivity contribution in [2.45, 2.75) is 12.8 Å². The molecule has 10 heteroatoms. The quantitative estimate of drug-likeness (QED) is 0.383. The Kier molecular flexibility index (Phi) is 5.91. The molecule has 0 radical (unpaired) electrons. The van der Waals surface area contributed by atoms with Gasteiger partial charge in [0.1, 0.15) is 18.1 Å². The summed E-state index contributed by atoms with van der Waals surface area (Å²) in [6.07, 6.45) is -4.44. The number of alkyl halides is 3. The number of carbonyl (C=O) groups is 1. The van der Waals surface area contributed by atoms with Crippen molar-refractivity contribution in [3.8, 4) is 17.2 Å². The molecule has 0 amide bonds. The van der Waals surface area contributed by atoms with Crippen molar-refractivity contribution in [3.05, 3.63) is 83.8 Å². The summed E-state index contributed by atoms with van der Waals surface area (Å²) in [5.74, 6) is -2.07. The van der Waals surface area contributed by atoms with Gasteiger partial charge in [0, 0.05) is 11.5 Å². The molecule has 1 heterocycles. The van der Waals surface area contributed by atoms with E-state index in [4.69, 9.17) is 14.6 Å². The van der Waals surface area contributed by atoms with Gasteiger partial charge in [-0.25, -0.2) is 13.9 Å². The summed E-state index contributed by atoms with van der Waals surface area (Å²) in [5, 5.41) is 13.8. The highest BCUT2D eigenvalue weighted by Crippen LogP contribution is 2.31. The predicted octanol–water partition coefficient (Wildman–Crippen LogP) is 5.23. The lowest BCUT2D eigenvalue weighted by atomic mass is 10.2. The van der Waals surface area contributed by atoms with Crippen molar-refractivity contribution in [2.75, 3.05) is 6.61 Å². The Morgan fingerprint density at radius 2 is 1.73 bits per heavy atom. The molecule has 0 saturated carbocycles. The zero-order valence-electron chi connectivity index (χ0n) is 16.8. The van der Waals surface area contributed by atoms with Gasteiger partial charge in [0.25, 0.3) is 0 Å². The fourth-order valence-corrected chi connectivity index (χ4v) is 3.21. The monoisotopic (exact) mass is 460 g/mol. The number of ether oxygens (including phenoxy) is 2. The molecule has 170 valence electrons. The Balaban J connectivity index is 1.57. The van der Waals surface area contributed by atoms with E-state index in [1.54, 1.807) is 24.3 Å². The van der Waals surface area contributed by atoms with Crippen molar-refractivity contribution in [2.24, 2.45) is 0 Å². The Morgan fingerprint density at radius 3 is 2.39 bits per heavy atom. The number of halogens is 4. The van der Waals surface area contributed by atoms with Crippen LogP contribution in [0.3, 0.4) is 0 Å². The van der Waals surface area contributed by atoms with Crippen LogP contribution >= 0.6 is 0 Å². The highest BCUT2D eigenvalue weighted by molar-refractivity contribution is 5.83. The number of rotatable bonds is 7. The molecule has 0 aliphatic heterocycles. The van der Waals surface area contributed by atoms with E-state index in [9.17, 15) is 22.4 Å². The minimum absolute atomic E-state index is 0.0388. The predicted molar refractivity (Wildman–Crippen MR) is 110 cm³/mol. The molecule has 1 aromatic heterocycles. The summed E-state index contributed by atoms with van der Waals surface area (Å²) < 4.78 is 64.7. The molecule has 1 N–H and O–H groups in total. The molecule has 0 spiro atoms. The molecule has 33 heavy (non-hydrogen) atoms. The van der Waals surface area contributed by atoms with Gasteiger partial charge in [0.05, 0.1) is 16.8 Å². The number of carboxylic acids is 1. The molecule has 0 unspecified atom stereocenters. The van der Waals surface area contributed by atoms with Gasteiger partial charge in [0.2, 0.25) is 0 Å². The first kappa shape index (κ1) is 22.1. The first-order valence-corrected chi connectivity index (χ1v) is 9.63. The first-order chi connectivity index (χ1) is 15.7. The SMILES string of the molecule is O=C(O)COc1ccc(OCc2nn(-c3ccc(C(F)(F)F)cc3)c3ccccc23)cc1F. The lowest BCUT2D eigenvalue weighted by molar-refractivity contribution is -0.139. The number of hydrogen-bond donors (Lipinski definition) is 1. The van der Waals surface area contributed by atoms with E-state index in [0.29, 0.717) is 16.9 Å². The Hall–Kier alpha value is -4.08. The van der Waals surface area contributed by atoms with E-state index < -0.39 is 30.1 Å². The molecule has 6 nitrogen and oxygen atoms in total. The van der Waals surface area contributed by atoms with Crippen LogP contribution in [0.1, 0.15) is 11.3 Å². The zero-order chi connectivity index (χ0) is 23.6. The number of benzene rings is 3. The molecule has 0 aliphatic carbocycles.